The van der Waals surface area contributed by atoms with E-state index < -0.39 is 5.67 Å². The van der Waals surface area contributed by atoms with Crippen molar-refractivity contribution in [3.63, 3.8) is 0 Å². The van der Waals surface area contributed by atoms with Gasteiger partial charge in [0.25, 0.3) is 5.91 Å². The second-order valence-electron chi connectivity index (χ2n) is 8.42. The predicted molar refractivity (Wildman–Crippen MR) is 114 cm³/mol. The molecule has 0 saturated carbocycles. The normalized spacial score (nSPS) is 17.4. The molecule has 6 nitrogen and oxygen atoms in total. The van der Waals surface area contributed by atoms with Crippen molar-refractivity contribution >= 4 is 5.91 Å². The molecule has 0 aromatic carbocycles. The molecular weight excluding hydrogens is 393 g/mol. The zero-order valence-electron chi connectivity index (χ0n) is 17.3. The number of carbonyl (C=O) groups excluding carboxylic acids is 1. The summed E-state index contributed by atoms with van der Waals surface area (Å²) >= 11 is 0. The molecule has 1 aliphatic heterocycles. The Kier molecular flexibility index (Phi) is 5.18. The molecule has 0 unspecified atom stereocenters. The average molecular weight is 417 g/mol. The minimum atomic E-state index is -1.31. The van der Waals surface area contributed by atoms with Gasteiger partial charge in [-0.15, -0.1) is 0 Å². The van der Waals surface area contributed by atoms with Gasteiger partial charge in [-0.1, -0.05) is 6.07 Å². The third-order valence-electron chi connectivity index (χ3n) is 6.31. The molecule has 0 bridgehead atoms. The standard InChI is InChI=1S/C24H24FN5O/c25-24(14-17-13-18-3-1-5-20(18)28-15-17)7-11-30(12-8-24)23(31)19-4-2-9-27-22(19)21-6-10-26-16-29-21/h2,4,6,9-10,13,15-16H,1,3,5,7-8,11-12,14H2. The van der Waals surface area contributed by atoms with Crippen LogP contribution in [0.4, 0.5) is 4.39 Å². The van der Waals surface area contributed by atoms with Crippen LogP contribution in [0.15, 0.2) is 49.2 Å². The highest BCUT2D eigenvalue weighted by molar-refractivity contribution is 5.99. The SMILES string of the molecule is O=C(c1cccnc1-c1ccncn1)N1CCC(F)(Cc2cnc3c(c2)CCC3)CC1. The molecule has 31 heavy (non-hydrogen) atoms. The van der Waals surface area contributed by atoms with Crippen molar-refractivity contribution in [2.45, 2.75) is 44.2 Å². The molecule has 0 N–H and O–H groups in total. The molecule has 2 aliphatic rings. The molecule has 1 fully saturated rings. The first-order chi connectivity index (χ1) is 15.1. The topological polar surface area (TPSA) is 71.9 Å². The number of alkyl halides is 1. The van der Waals surface area contributed by atoms with Gasteiger partial charge in [0.05, 0.1) is 11.3 Å². The van der Waals surface area contributed by atoms with Crippen LogP contribution in [0.1, 0.15) is 46.4 Å². The third kappa shape index (κ3) is 4.04. The van der Waals surface area contributed by atoms with E-state index in [1.54, 1.807) is 35.5 Å². The second kappa shape index (κ2) is 8.13. The summed E-state index contributed by atoms with van der Waals surface area (Å²) in [4.78, 5) is 32.0. The molecule has 0 radical (unpaired) electrons. The van der Waals surface area contributed by atoms with Crippen molar-refractivity contribution in [2.24, 2.45) is 0 Å². The van der Waals surface area contributed by atoms with Gasteiger partial charge >= 0.3 is 0 Å². The van der Waals surface area contributed by atoms with Gasteiger partial charge in [-0.25, -0.2) is 14.4 Å². The number of rotatable bonds is 4. The van der Waals surface area contributed by atoms with Gasteiger partial charge in [0.2, 0.25) is 0 Å². The molecule has 3 aromatic rings. The fourth-order valence-electron chi connectivity index (χ4n) is 4.61. The van der Waals surface area contributed by atoms with Gasteiger partial charge in [-0.2, -0.15) is 0 Å². The highest BCUT2D eigenvalue weighted by Crippen LogP contribution is 2.32. The molecule has 1 aliphatic carbocycles. The van der Waals surface area contributed by atoms with E-state index in [0.717, 1.165) is 30.5 Å². The lowest BCUT2D eigenvalue weighted by molar-refractivity contribution is 0.0437. The molecule has 0 spiro atoms. The first-order valence-electron chi connectivity index (χ1n) is 10.8. The summed E-state index contributed by atoms with van der Waals surface area (Å²) in [5.74, 6) is -0.136. The van der Waals surface area contributed by atoms with Crippen LogP contribution in [-0.2, 0) is 19.3 Å². The molecule has 7 heteroatoms. The van der Waals surface area contributed by atoms with E-state index in [1.165, 1.54) is 11.9 Å². The smallest absolute Gasteiger partial charge is 0.256 e. The van der Waals surface area contributed by atoms with Crippen LogP contribution in [-0.4, -0.2) is 49.5 Å². The molecule has 1 saturated heterocycles. The van der Waals surface area contributed by atoms with Crippen molar-refractivity contribution in [1.82, 2.24) is 24.8 Å². The molecule has 3 aromatic heterocycles. The monoisotopic (exact) mass is 417 g/mol. The number of amides is 1. The Morgan fingerprint density at radius 2 is 1.97 bits per heavy atom. The summed E-state index contributed by atoms with van der Waals surface area (Å²) in [5.41, 5.74) is 3.68. The van der Waals surface area contributed by atoms with E-state index in [2.05, 4.69) is 26.0 Å². The van der Waals surface area contributed by atoms with Crippen LogP contribution < -0.4 is 0 Å². The number of aryl methyl sites for hydroxylation is 2. The maximum absolute atomic E-state index is 15.6. The Morgan fingerprint density at radius 1 is 1.10 bits per heavy atom. The maximum Gasteiger partial charge on any atom is 0.256 e. The van der Waals surface area contributed by atoms with Crippen molar-refractivity contribution in [3.8, 4) is 11.4 Å². The van der Waals surface area contributed by atoms with Crippen LogP contribution in [0.3, 0.4) is 0 Å². The highest BCUT2D eigenvalue weighted by Gasteiger charge is 2.37. The number of carbonyl (C=O) groups is 1. The van der Waals surface area contributed by atoms with Crippen LogP contribution in [0.2, 0.25) is 0 Å². The first-order valence-corrected chi connectivity index (χ1v) is 10.8. The van der Waals surface area contributed by atoms with Crippen LogP contribution in [0.5, 0.6) is 0 Å². The van der Waals surface area contributed by atoms with E-state index in [1.807, 2.05) is 6.20 Å². The molecule has 5 rings (SSSR count). The minimum Gasteiger partial charge on any atom is -0.338 e. The second-order valence-corrected chi connectivity index (χ2v) is 8.42. The number of nitrogens with zero attached hydrogens (tertiary/aromatic N) is 5. The molecular formula is C24H24FN5O. The third-order valence-corrected chi connectivity index (χ3v) is 6.31. The van der Waals surface area contributed by atoms with Gasteiger partial charge in [-0.05, 0) is 61.4 Å². The van der Waals surface area contributed by atoms with Gasteiger partial charge < -0.3 is 4.90 Å². The summed E-state index contributed by atoms with van der Waals surface area (Å²) in [5, 5.41) is 0. The van der Waals surface area contributed by atoms with Crippen molar-refractivity contribution in [3.05, 3.63) is 71.6 Å². The number of hydrogen-bond acceptors (Lipinski definition) is 5. The zero-order chi connectivity index (χ0) is 21.3. The Morgan fingerprint density at radius 3 is 2.77 bits per heavy atom. The number of fused-ring (bicyclic) bond motifs is 1. The maximum atomic E-state index is 15.6. The number of pyridine rings is 2. The Balaban J connectivity index is 1.28. The van der Waals surface area contributed by atoms with Gasteiger partial charge in [0.1, 0.15) is 17.7 Å². The van der Waals surface area contributed by atoms with E-state index in [4.69, 9.17) is 0 Å². The summed E-state index contributed by atoms with van der Waals surface area (Å²) in [6.07, 6.45) is 10.7. The van der Waals surface area contributed by atoms with Gasteiger partial charge in [0, 0.05) is 43.8 Å². The van der Waals surface area contributed by atoms with E-state index >= 15 is 4.39 Å². The van der Waals surface area contributed by atoms with Crippen LogP contribution in [0.25, 0.3) is 11.4 Å². The van der Waals surface area contributed by atoms with Crippen LogP contribution in [0, 0.1) is 0 Å². The Labute approximate surface area is 180 Å². The van der Waals surface area contributed by atoms with Gasteiger partial charge in [0.15, 0.2) is 0 Å². The first kappa shape index (κ1) is 19.7. The lowest BCUT2D eigenvalue weighted by Crippen LogP contribution is -2.45. The molecule has 4 heterocycles. The fraction of sp³-hybridized carbons (Fsp3) is 0.375. The highest BCUT2D eigenvalue weighted by atomic mass is 19.1. The summed E-state index contributed by atoms with van der Waals surface area (Å²) in [6, 6.07) is 7.34. The lowest BCUT2D eigenvalue weighted by atomic mass is 9.87. The Hall–Kier alpha value is -3.22. The minimum absolute atomic E-state index is 0.136. The average Bonchev–Trinajstić information content (AvgIpc) is 3.27. The number of aromatic nitrogens is 4. The molecule has 0 atom stereocenters. The summed E-state index contributed by atoms with van der Waals surface area (Å²) < 4.78 is 15.6. The quantitative estimate of drug-likeness (QED) is 0.649. The number of likely N-dealkylation sites (tertiary alicyclic amines) is 1. The molecule has 158 valence electrons. The predicted octanol–water partition coefficient (Wildman–Crippen LogP) is 3.61. The van der Waals surface area contributed by atoms with Gasteiger partial charge in [-0.3, -0.25) is 14.8 Å². The number of hydrogen-bond donors (Lipinski definition) is 0. The largest absolute Gasteiger partial charge is 0.338 e. The Bertz CT molecular complexity index is 1100. The number of halogens is 1. The zero-order valence-corrected chi connectivity index (χ0v) is 17.3. The van der Waals surface area contributed by atoms with Crippen molar-refractivity contribution in [1.29, 1.82) is 0 Å². The van der Waals surface area contributed by atoms with Crippen molar-refractivity contribution < 1.29 is 9.18 Å². The fourth-order valence-corrected chi connectivity index (χ4v) is 4.61. The molecule has 1 amide bonds. The van der Waals surface area contributed by atoms with Crippen molar-refractivity contribution in [2.75, 3.05) is 13.1 Å². The van der Waals surface area contributed by atoms with Crippen LogP contribution >= 0.6 is 0 Å². The summed E-state index contributed by atoms with van der Waals surface area (Å²) in [6.45, 7) is 0.762. The number of piperidine rings is 1. The van der Waals surface area contributed by atoms with E-state index in [0.29, 0.717) is 49.3 Å². The van der Waals surface area contributed by atoms with E-state index in [9.17, 15) is 4.79 Å². The lowest BCUT2D eigenvalue weighted by Gasteiger charge is -2.36. The van der Waals surface area contributed by atoms with E-state index in [-0.39, 0.29) is 5.91 Å². The summed E-state index contributed by atoms with van der Waals surface area (Å²) in [7, 11) is 0.